The van der Waals surface area contributed by atoms with Crippen molar-refractivity contribution in [3.63, 3.8) is 0 Å². The van der Waals surface area contributed by atoms with Gasteiger partial charge in [-0.2, -0.15) is 8.78 Å². The zero-order chi connectivity index (χ0) is 14.8. The third-order valence-electron chi connectivity index (χ3n) is 2.35. The molecule has 0 aromatic heterocycles. The van der Waals surface area contributed by atoms with E-state index in [-0.39, 0.29) is 32.1 Å². The van der Waals surface area contributed by atoms with Crippen LogP contribution in [0.3, 0.4) is 0 Å². The van der Waals surface area contributed by atoms with Gasteiger partial charge >= 0.3 is 6.11 Å². The zero-order valence-electron chi connectivity index (χ0n) is 11.4. The molecule has 0 saturated heterocycles. The standard InChI is InChI=1S/C11H22F2IO4P/c1-3-18-19(15,4-2)10-5-11(12,13)17-9-8-16-7-6-14/h3-10H2,1-2H3. The fourth-order valence-corrected chi connectivity index (χ4v) is 3.34. The maximum absolute atomic E-state index is 13.4. The molecule has 0 saturated carbocycles. The number of ether oxygens (including phenoxy) is 2. The zero-order valence-corrected chi connectivity index (χ0v) is 14.4. The van der Waals surface area contributed by atoms with Gasteiger partial charge in [-0.1, -0.05) is 29.5 Å². The van der Waals surface area contributed by atoms with Crippen LogP contribution in [0.1, 0.15) is 20.3 Å². The number of hydrogen-bond donors (Lipinski definition) is 0. The third-order valence-corrected chi connectivity index (χ3v) is 5.39. The first-order valence-electron chi connectivity index (χ1n) is 6.27. The molecule has 0 heterocycles. The van der Waals surface area contributed by atoms with E-state index in [9.17, 15) is 13.3 Å². The fraction of sp³-hybridized carbons (Fsp3) is 1.00. The maximum atomic E-state index is 13.4. The molecule has 0 aliphatic heterocycles. The maximum Gasteiger partial charge on any atom is 0.356 e. The minimum Gasteiger partial charge on any atom is -0.378 e. The fourth-order valence-electron chi connectivity index (χ4n) is 1.33. The summed E-state index contributed by atoms with van der Waals surface area (Å²) in [6.45, 7) is 4.12. The summed E-state index contributed by atoms with van der Waals surface area (Å²) >= 11 is 2.13. The molecule has 0 spiro atoms. The van der Waals surface area contributed by atoms with Crippen LogP contribution in [0.4, 0.5) is 8.78 Å². The van der Waals surface area contributed by atoms with Crippen LogP contribution in [0.15, 0.2) is 0 Å². The highest BCUT2D eigenvalue weighted by Crippen LogP contribution is 2.48. The van der Waals surface area contributed by atoms with Crippen LogP contribution >= 0.6 is 30.0 Å². The molecule has 0 aromatic carbocycles. The molecule has 0 radical (unpaired) electrons. The molecule has 4 nitrogen and oxygen atoms in total. The summed E-state index contributed by atoms with van der Waals surface area (Å²) in [4.78, 5) is 0. The number of rotatable bonds is 12. The lowest BCUT2D eigenvalue weighted by atomic mass is 10.4. The Morgan fingerprint density at radius 3 is 2.42 bits per heavy atom. The van der Waals surface area contributed by atoms with Crippen LogP contribution in [0.2, 0.25) is 0 Å². The Labute approximate surface area is 127 Å². The van der Waals surface area contributed by atoms with Crippen LogP contribution in [-0.4, -0.2) is 49.3 Å². The van der Waals surface area contributed by atoms with Gasteiger partial charge < -0.3 is 14.0 Å². The van der Waals surface area contributed by atoms with Gasteiger partial charge in [0.25, 0.3) is 0 Å². The smallest absolute Gasteiger partial charge is 0.356 e. The first-order valence-corrected chi connectivity index (χ1v) is 9.79. The van der Waals surface area contributed by atoms with Crippen molar-refractivity contribution < 1.29 is 27.3 Å². The molecule has 8 heteroatoms. The molecule has 0 aliphatic carbocycles. The van der Waals surface area contributed by atoms with Gasteiger partial charge in [0.05, 0.1) is 26.4 Å². The van der Waals surface area contributed by atoms with Gasteiger partial charge in [0.1, 0.15) is 0 Å². The van der Waals surface area contributed by atoms with E-state index >= 15 is 0 Å². The molecule has 0 aliphatic rings. The Morgan fingerprint density at radius 1 is 1.21 bits per heavy atom. The monoisotopic (exact) mass is 414 g/mol. The lowest BCUT2D eigenvalue weighted by Crippen LogP contribution is -2.25. The molecule has 0 bridgehead atoms. The van der Waals surface area contributed by atoms with Crippen LogP contribution in [0, 0.1) is 0 Å². The number of hydrogen-bond acceptors (Lipinski definition) is 4. The van der Waals surface area contributed by atoms with Crippen LogP contribution < -0.4 is 0 Å². The van der Waals surface area contributed by atoms with Gasteiger partial charge in [0.15, 0.2) is 0 Å². The lowest BCUT2D eigenvalue weighted by molar-refractivity contribution is -0.243. The van der Waals surface area contributed by atoms with Gasteiger partial charge in [0.2, 0.25) is 7.37 Å². The summed E-state index contributed by atoms with van der Waals surface area (Å²) in [5, 5.41) is 0. The minimum absolute atomic E-state index is 0.134. The second-order valence-corrected chi connectivity index (χ2v) is 7.85. The normalized spacial score (nSPS) is 15.4. The predicted molar refractivity (Wildman–Crippen MR) is 79.9 cm³/mol. The first-order chi connectivity index (χ1) is 8.89. The summed E-state index contributed by atoms with van der Waals surface area (Å²) in [5.41, 5.74) is 0. The highest BCUT2D eigenvalue weighted by molar-refractivity contribution is 14.1. The van der Waals surface area contributed by atoms with E-state index in [0.29, 0.717) is 6.61 Å². The molecule has 1 unspecified atom stereocenters. The second kappa shape index (κ2) is 10.4. The summed E-state index contributed by atoms with van der Waals surface area (Å²) in [5.74, 6) is 0. The molecule has 0 N–H and O–H groups in total. The Morgan fingerprint density at radius 2 is 1.89 bits per heavy atom. The Balaban J connectivity index is 3.97. The van der Waals surface area contributed by atoms with E-state index in [1.807, 2.05) is 0 Å². The Kier molecular flexibility index (Phi) is 10.8. The molecule has 116 valence electrons. The average Bonchev–Trinajstić information content (AvgIpc) is 2.37. The summed E-state index contributed by atoms with van der Waals surface area (Å²) in [7, 11) is -2.94. The third kappa shape index (κ3) is 10.1. The summed E-state index contributed by atoms with van der Waals surface area (Å²) in [6, 6.07) is 0. The molecule has 0 fully saturated rings. The van der Waals surface area contributed by atoms with Gasteiger partial charge in [-0.25, -0.2) is 0 Å². The molecular formula is C11H22F2IO4P. The van der Waals surface area contributed by atoms with Crippen molar-refractivity contribution in [2.45, 2.75) is 26.4 Å². The van der Waals surface area contributed by atoms with Crippen LogP contribution in [-0.2, 0) is 18.6 Å². The lowest BCUT2D eigenvalue weighted by Gasteiger charge is -2.20. The van der Waals surface area contributed by atoms with Crippen LogP contribution in [0.25, 0.3) is 0 Å². The largest absolute Gasteiger partial charge is 0.378 e. The minimum atomic E-state index is -3.28. The number of halogens is 3. The van der Waals surface area contributed by atoms with E-state index in [1.165, 1.54) is 0 Å². The van der Waals surface area contributed by atoms with Gasteiger partial charge in [0, 0.05) is 23.2 Å². The molecule has 0 aromatic rings. The van der Waals surface area contributed by atoms with Gasteiger partial charge in [-0.3, -0.25) is 4.57 Å². The molecular weight excluding hydrogens is 392 g/mol. The van der Waals surface area contributed by atoms with E-state index in [1.54, 1.807) is 13.8 Å². The number of alkyl halides is 3. The predicted octanol–water partition coefficient (Wildman–Crippen LogP) is 3.77. The van der Waals surface area contributed by atoms with Gasteiger partial charge in [-0.15, -0.1) is 0 Å². The summed E-state index contributed by atoms with van der Waals surface area (Å²) in [6.07, 6.45) is -3.78. The van der Waals surface area contributed by atoms with E-state index < -0.39 is 19.9 Å². The highest BCUT2D eigenvalue weighted by Gasteiger charge is 2.34. The Bertz CT molecular complexity index is 279. The van der Waals surface area contributed by atoms with Crippen LogP contribution in [0.5, 0.6) is 0 Å². The van der Waals surface area contributed by atoms with E-state index in [0.717, 1.165) is 4.43 Å². The van der Waals surface area contributed by atoms with Crippen molar-refractivity contribution >= 4 is 30.0 Å². The van der Waals surface area contributed by atoms with Crippen molar-refractivity contribution in [2.24, 2.45) is 0 Å². The topological polar surface area (TPSA) is 44.8 Å². The van der Waals surface area contributed by atoms with Gasteiger partial charge in [-0.05, 0) is 6.92 Å². The van der Waals surface area contributed by atoms with Crippen molar-refractivity contribution in [3.8, 4) is 0 Å². The average molecular weight is 414 g/mol. The summed E-state index contributed by atoms with van der Waals surface area (Å²) < 4.78 is 54.2. The highest BCUT2D eigenvalue weighted by atomic mass is 127. The molecule has 19 heavy (non-hydrogen) atoms. The molecule has 0 rings (SSSR count). The molecule has 0 amide bonds. The van der Waals surface area contributed by atoms with Crippen molar-refractivity contribution in [3.05, 3.63) is 0 Å². The molecule has 1 atom stereocenters. The second-order valence-electron chi connectivity index (χ2n) is 3.81. The van der Waals surface area contributed by atoms with Crippen molar-refractivity contribution in [1.82, 2.24) is 0 Å². The first kappa shape index (κ1) is 19.7. The SMILES string of the molecule is CCOP(=O)(CC)CCC(F)(F)OCCOCCI. The van der Waals surface area contributed by atoms with E-state index in [4.69, 9.17) is 9.26 Å². The quantitative estimate of drug-likeness (QED) is 0.211. The van der Waals surface area contributed by atoms with Crippen molar-refractivity contribution in [2.75, 3.05) is 43.2 Å². The van der Waals surface area contributed by atoms with Crippen molar-refractivity contribution in [1.29, 1.82) is 0 Å². The Hall–Kier alpha value is 0.700. The van der Waals surface area contributed by atoms with E-state index in [2.05, 4.69) is 27.3 Å².